The Morgan fingerprint density at radius 2 is 1.64 bits per heavy atom. The van der Waals surface area contributed by atoms with Gasteiger partial charge in [0.2, 0.25) is 5.91 Å². The van der Waals surface area contributed by atoms with Crippen LogP contribution in [0, 0.1) is 11.3 Å². The molecule has 0 spiro atoms. The van der Waals surface area contributed by atoms with Crippen LogP contribution in [0.5, 0.6) is 0 Å². The second-order valence-electron chi connectivity index (χ2n) is 8.78. The van der Waals surface area contributed by atoms with Crippen molar-refractivity contribution in [2.45, 2.75) is 45.4 Å². The standard InChI is InChI=1S/C21H31Cl2N3O2/c1-15(14-21(2,3)4)13-18(27)26-11-9-25(10-12-26)17-7-5-16(6-8-17)24-20(28)19(22)23/h5-8,15,19H,9-14H2,1-4H3,(H,24,28)/t15-/m0/s1. The molecule has 1 aliphatic rings. The lowest BCUT2D eigenvalue weighted by atomic mass is 9.84. The van der Waals surface area contributed by atoms with E-state index >= 15 is 0 Å². The number of nitrogens with zero attached hydrogens (tertiary/aromatic N) is 2. The van der Waals surface area contributed by atoms with E-state index < -0.39 is 10.7 Å². The molecule has 1 aromatic carbocycles. The predicted molar refractivity (Wildman–Crippen MR) is 117 cm³/mol. The summed E-state index contributed by atoms with van der Waals surface area (Å²) >= 11 is 11.1. The third kappa shape index (κ3) is 7.17. The van der Waals surface area contributed by atoms with E-state index in [0.717, 1.165) is 38.3 Å². The number of hydrogen-bond donors (Lipinski definition) is 1. The van der Waals surface area contributed by atoms with Crippen molar-refractivity contribution in [1.82, 2.24) is 4.90 Å². The smallest absolute Gasteiger partial charge is 0.257 e. The minimum Gasteiger partial charge on any atom is -0.368 e. The van der Waals surface area contributed by atoms with Gasteiger partial charge in [0.25, 0.3) is 5.91 Å². The van der Waals surface area contributed by atoms with Gasteiger partial charge in [-0.05, 0) is 42.0 Å². The highest BCUT2D eigenvalue weighted by molar-refractivity contribution is 6.54. The minimum atomic E-state index is -1.09. The molecule has 1 aliphatic heterocycles. The molecule has 1 heterocycles. The van der Waals surface area contributed by atoms with Gasteiger partial charge in [-0.3, -0.25) is 9.59 Å². The summed E-state index contributed by atoms with van der Waals surface area (Å²) < 4.78 is 0. The number of amides is 2. The van der Waals surface area contributed by atoms with Crippen LogP contribution < -0.4 is 10.2 Å². The highest BCUT2D eigenvalue weighted by Gasteiger charge is 2.24. The number of hydrogen-bond acceptors (Lipinski definition) is 3. The molecule has 0 bridgehead atoms. The highest BCUT2D eigenvalue weighted by atomic mass is 35.5. The van der Waals surface area contributed by atoms with E-state index in [4.69, 9.17) is 23.2 Å². The maximum atomic E-state index is 12.6. The number of piperazine rings is 1. The van der Waals surface area contributed by atoms with Crippen molar-refractivity contribution in [3.8, 4) is 0 Å². The van der Waals surface area contributed by atoms with E-state index in [0.29, 0.717) is 18.0 Å². The Morgan fingerprint density at radius 1 is 1.07 bits per heavy atom. The fraction of sp³-hybridized carbons (Fsp3) is 0.619. The van der Waals surface area contributed by atoms with Crippen molar-refractivity contribution in [3.05, 3.63) is 24.3 Å². The molecule has 0 radical (unpaired) electrons. The molecule has 0 unspecified atom stereocenters. The van der Waals surface area contributed by atoms with Crippen LogP contribution in [0.25, 0.3) is 0 Å². The van der Waals surface area contributed by atoms with E-state index in [1.165, 1.54) is 0 Å². The summed E-state index contributed by atoms with van der Waals surface area (Å²) in [6.45, 7) is 11.9. The van der Waals surface area contributed by atoms with Gasteiger partial charge in [-0.25, -0.2) is 0 Å². The zero-order chi connectivity index (χ0) is 20.9. The van der Waals surface area contributed by atoms with Crippen LogP contribution in [0.2, 0.25) is 0 Å². The lowest BCUT2D eigenvalue weighted by Crippen LogP contribution is -2.49. The Hall–Kier alpha value is -1.46. The van der Waals surface area contributed by atoms with Crippen molar-refractivity contribution >= 4 is 46.4 Å². The normalized spacial score (nSPS) is 16.2. The van der Waals surface area contributed by atoms with Crippen LogP contribution >= 0.6 is 23.2 Å². The number of alkyl halides is 2. The Labute approximate surface area is 178 Å². The van der Waals surface area contributed by atoms with Crippen LogP contribution in [0.4, 0.5) is 11.4 Å². The summed E-state index contributed by atoms with van der Waals surface area (Å²) in [5.74, 6) is 0.212. The fourth-order valence-electron chi connectivity index (χ4n) is 3.71. The third-order valence-electron chi connectivity index (χ3n) is 4.81. The Bertz CT molecular complexity index is 663. The van der Waals surface area contributed by atoms with Gasteiger partial charge in [-0.15, -0.1) is 0 Å². The number of halogens is 2. The molecule has 7 heteroatoms. The highest BCUT2D eigenvalue weighted by Crippen LogP contribution is 2.27. The van der Waals surface area contributed by atoms with Crippen molar-refractivity contribution in [2.75, 3.05) is 36.4 Å². The summed E-state index contributed by atoms with van der Waals surface area (Å²) in [6.07, 6.45) is 1.67. The molecule has 2 amide bonds. The van der Waals surface area contributed by atoms with Crippen molar-refractivity contribution in [1.29, 1.82) is 0 Å². The number of nitrogens with one attached hydrogen (secondary N) is 1. The van der Waals surface area contributed by atoms with Crippen LogP contribution in [0.3, 0.4) is 0 Å². The van der Waals surface area contributed by atoms with E-state index in [9.17, 15) is 9.59 Å². The molecule has 1 fully saturated rings. The molecule has 5 nitrogen and oxygen atoms in total. The summed E-state index contributed by atoms with van der Waals surface area (Å²) in [4.78, 5) is 27.3. The van der Waals surface area contributed by atoms with Crippen LogP contribution in [-0.2, 0) is 9.59 Å². The van der Waals surface area contributed by atoms with Gasteiger partial charge < -0.3 is 15.1 Å². The topological polar surface area (TPSA) is 52.7 Å². The van der Waals surface area contributed by atoms with Crippen molar-refractivity contribution in [2.24, 2.45) is 11.3 Å². The second-order valence-corrected chi connectivity index (χ2v) is 9.88. The molecular weight excluding hydrogens is 397 g/mol. The molecule has 2 rings (SSSR count). The second kappa shape index (κ2) is 9.84. The van der Waals surface area contributed by atoms with E-state index in [1.54, 1.807) is 0 Å². The molecule has 0 aliphatic carbocycles. The molecule has 1 saturated heterocycles. The molecule has 156 valence electrons. The van der Waals surface area contributed by atoms with Gasteiger partial charge in [-0.1, -0.05) is 50.9 Å². The van der Waals surface area contributed by atoms with E-state index in [-0.39, 0.29) is 11.3 Å². The molecule has 1 N–H and O–H groups in total. The first kappa shape index (κ1) is 22.8. The molecule has 1 atom stereocenters. The number of rotatable bonds is 6. The van der Waals surface area contributed by atoms with Crippen molar-refractivity contribution in [3.63, 3.8) is 0 Å². The zero-order valence-corrected chi connectivity index (χ0v) is 18.7. The van der Waals surface area contributed by atoms with E-state index in [1.807, 2.05) is 29.2 Å². The fourth-order valence-corrected chi connectivity index (χ4v) is 3.82. The summed E-state index contributed by atoms with van der Waals surface area (Å²) in [6, 6.07) is 7.57. The molecule has 0 saturated carbocycles. The van der Waals surface area contributed by atoms with Gasteiger partial charge in [0, 0.05) is 44.0 Å². The monoisotopic (exact) mass is 427 g/mol. The van der Waals surface area contributed by atoms with Gasteiger partial charge >= 0.3 is 0 Å². The third-order valence-corrected chi connectivity index (χ3v) is 5.21. The van der Waals surface area contributed by atoms with Gasteiger partial charge in [0.05, 0.1) is 0 Å². The zero-order valence-electron chi connectivity index (χ0n) is 17.2. The van der Waals surface area contributed by atoms with Crippen LogP contribution in [0.1, 0.15) is 40.5 Å². The summed E-state index contributed by atoms with van der Waals surface area (Å²) in [5.41, 5.74) is 1.97. The summed E-state index contributed by atoms with van der Waals surface area (Å²) in [5, 5.41) is 2.65. The van der Waals surface area contributed by atoms with Crippen LogP contribution in [0.15, 0.2) is 24.3 Å². The first-order valence-electron chi connectivity index (χ1n) is 9.77. The first-order valence-corrected chi connectivity index (χ1v) is 10.6. The number of carbonyl (C=O) groups excluding carboxylic acids is 2. The lowest BCUT2D eigenvalue weighted by Gasteiger charge is -2.37. The van der Waals surface area contributed by atoms with Gasteiger partial charge in [0.1, 0.15) is 0 Å². The number of benzene rings is 1. The van der Waals surface area contributed by atoms with Crippen molar-refractivity contribution < 1.29 is 9.59 Å². The molecule has 28 heavy (non-hydrogen) atoms. The summed E-state index contributed by atoms with van der Waals surface area (Å²) in [7, 11) is 0. The maximum Gasteiger partial charge on any atom is 0.257 e. The SMILES string of the molecule is C[C@@H](CC(=O)N1CCN(c2ccc(NC(=O)C(Cl)Cl)cc2)CC1)CC(C)(C)C. The average Bonchev–Trinajstić information content (AvgIpc) is 2.60. The maximum absolute atomic E-state index is 12.6. The van der Waals surface area contributed by atoms with Gasteiger partial charge in [0.15, 0.2) is 4.84 Å². The Morgan fingerprint density at radius 3 is 2.14 bits per heavy atom. The molecule has 0 aromatic heterocycles. The quantitative estimate of drug-likeness (QED) is 0.677. The Balaban J connectivity index is 1.83. The van der Waals surface area contributed by atoms with E-state index in [2.05, 4.69) is 37.9 Å². The largest absolute Gasteiger partial charge is 0.368 e. The number of carbonyl (C=O) groups is 2. The van der Waals surface area contributed by atoms with Crippen LogP contribution in [-0.4, -0.2) is 47.7 Å². The van der Waals surface area contributed by atoms with Gasteiger partial charge in [-0.2, -0.15) is 0 Å². The molecular formula is C21H31Cl2N3O2. The molecule has 1 aromatic rings. The lowest BCUT2D eigenvalue weighted by molar-refractivity contribution is -0.132. The minimum absolute atomic E-state index is 0.248. The Kier molecular flexibility index (Phi) is 8.02. The average molecular weight is 428 g/mol. The first-order chi connectivity index (χ1) is 13.0. The number of anilines is 2. The predicted octanol–water partition coefficient (Wildman–Crippen LogP) is 4.54.